The molecule has 1 saturated heterocycles. The van der Waals surface area contributed by atoms with Crippen molar-refractivity contribution in [1.29, 1.82) is 0 Å². The van der Waals surface area contributed by atoms with Crippen LogP contribution in [0.25, 0.3) is 11.1 Å². The molecule has 6 rings (SSSR count). The largest absolute Gasteiger partial charge is 0.511 e. The highest BCUT2D eigenvalue weighted by Crippen LogP contribution is 2.51. The number of ketones is 2. The molecule has 1 aliphatic heterocycles. The van der Waals surface area contributed by atoms with Crippen LogP contribution in [0.2, 0.25) is 0 Å². The Kier molecular flexibility index (Phi) is 8.00. The highest BCUT2D eigenvalue weighted by Gasteiger charge is 2.54. The van der Waals surface area contributed by atoms with Crippen LogP contribution in [0, 0.1) is 23.7 Å². The van der Waals surface area contributed by atoms with Crippen LogP contribution in [-0.4, -0.2) is 82.0 Å². The Morgan fingerprint density at radius 2 is 1.74 bits per heavy atom. The molecule has 2 aromatic rings. The number of carbonyl (C=O) groups is 3. The molecule has 2 aromatic carbocycles. The molecule has 0 spiro atoms. The highest BCUT2D eigenvalue weighted by molar-refractivity contribution is 6.22. The van der Waals surface area contributed by atoms with Crippen molar-refractivity contribution in [2.45, 2.75) is 44.4 Å². The van der Waals surface area contributed by atoms with Crippen LogP contribution in [-0.2, 0) is 22.6 Å². The first-order valence-corrected chi connectivity index (χ1v) is 15.3. The van der Waals surface area contributed by atoms with E-state index in [0.717, 1.165) is 11.1 Å². The summed E-state index contributed by atoms with van der Waals surface area (Å²) in [5.74, 6) is -7.52. The minimum atomic E-state index is -4.18. The quantitative estimate of drug-likeness (QED) is 0.352. The first-order chi connectivity index (χ1) is 21.7. The zero-order chi connectivity index (χ0) is 33.2. The normalized spacial score (nSPS) is 25.9. The van der Waals surface area contributed by atoms with Gasteiger partial charge in [-0.25, -0.2) is 0 Å². The molecule has 12 heteroatoms. The number of likely N-dealkylation sites (N-methyl/N-ethyl adjacent to an activating group) is 1. The van der Waals surface area contributed by atoms with Gasteiger partial charge >= 0.3 is 6.18 Å². The van der Waals surface area contributed by atoms with Gasteiger partial charge in [0.15, 0.2) is 11.6 Å². The number of fused-ring (bicyclic) bond motifs is 3. The number of nitrogens with two attached hydrogens (primary N) is 1. The number of aromatic hydroxyl groups is 1. The lowest BCUT2D eigenvalue weighted by Gasteiger charge is -2.46. The number of hydrogen-bond donors (Lipinski definition) is 4. The van der Waals surface area contributed by atoms with E-state index in [9.17, 15) is 42.9 Å². The minimum Gasteiger partial charge on any atom is -0.511 e. The van der Waals surface area contributed by atoms with Gasteiger partial charge in [-0.15, -0.1) is 0 Å². The van der Waals surface area contributed by atoms with Crippen molar-refractivity contribution in [3.63, 3.8) is 0 Å². The molecule has 4 unspecified atom stereocenters. The van der Waals surface area contributed by atoms with Gasteiger partial charge < -0.3 is 21.1 Å². The van der Waals surface area contributed by atoms with E-state index in [2.05, 4.69) is 0 Å². The molecule has 1 heterocycles. The maximum absolute atomic E-state index is 14.0. The number of hydrogen-bond acceptors (Lipinski definition) is 8. The van der Waals surface area contributed by atoms with E-state index >= 15 is 0 Å². The Hall–Kier alpha value is -4.16. The number of likely N-dealkylation sites (tertiary alicyclic amines) is 1. The number of piperidine rings is 1. The average Bonchev–Trinajstić information content (AvgIpc) is 2.96. The second-order valence-electron chi connectivity index (χ2n) is 13.1. The van der Waals surface area contributed by atoms with Gasteiger partial charge in [-0.05, 0) is 99.1 Å². The number of primary amides is 1. The monoisotopic (exact) mass is 639 g/mol. The number of nitrogens with zero attached hydrogens (tertiary/aromatic N) is 2. The van der Waals surface area contributed by atoms with Crippen LogP contribution in [0.4, 0.5) is 13.2 Å². The number of benzene rings is 2. The van der Waals surface area contributed by atoms with Gasteiger partial charge in [0.2, 0.25) is 0 Å². The molecule has 4 aliphatic rings. The van der Waals surface area contributed by atoms with Crippen molar-refractivity contribution in [2.75, 3.05) is 27.2 Å². The number of rotatable bonds is 5. The number of Topliss-reactive ketones (excluding diaryl/α,β-unsaturated/α-hetero) is 2. The maximum atomic E-state index is 14.0. The lowest BCUT2D eigenvalue weighted by molar-refractivity contribution is -0.185. The Morgan fingerprint density at radius 1 is 1.04 bits per heavy atom. The van der Waals surface area contributed by atoms with Gasteiger partial charge in [0.05, 0.1) is 23.4 Å². The first kappa shape index (κ1) is 31.8. The number of allylic oxidation sites excluding steroid dienone is 2. The number of aliphatic hydroxyl groups is 2. The fourth-order valence-electron chi connectivity index (χ4n) is 8.05. The number of alkyl halides is 3. The SMILES string of the molecule is CN(C)C1C(O)=C(C(N)=O)C(=O)C2C(O)=C3C(=O)c4c(O)ccc(-c5cccc(CN6CCC(C(F)(F)F)CC6)c5)c4CC3CC21. The summed E-state index contributed by atoms with van der Waals surface area (Å²) in [5, 5.41) is 33.3. The summed E-state index contributed by atoms with van der Waals surface area (Å²) in [7, 11) is 3.34. The molecule has 5 N–H and O–H groups in total. The van der Waals surface area contributed by atoms with Gasteiger partial charge in [0, 0.05) is 12.1 Å². The van der Waals surface area contributed by atoms with Gasteiger partial charge in [-0.3, -0.25) is 24.2 Å². The van der Waals surface area contributed by atoms with Crippen molar-refractivity contribution in [2.24, 2.45) is 29.4 Å². The number of phenolic OH excluding ortho intramolecular Hbond substituents is 1. The summed E-state index contributed by atoms with van der Waals surface area (Å²) in [6.45, 7) is 1.14. The third-order valence-corrected chi connectivity index (χ3v) is 10.1. The van der Waals surface area contributed by atoms with Crippen LogP contribution >= 0.6 is 0 Å². The Balaban J connectivity index is 1.34. The van der Waals surface area contributed by atoms with Crippen LogP contribution < -0.4 is 5.73 Å². The summed E-state index contributed by atoms with van der Waals surface area (Å²) in [4.78, 5) is 43.2. The second kappa shape index (κ2) is 11.6. The molecule has 0 bridgehead atoms. The predicted molar refractivity (Wildman–Crippen MR) is 162 cm³/mol. The van der Waals surface area contributed by atoms with Crippen molar-refractivity contribution >= 4 is 17.5 Å². The number of carbonyl (C=O) groups excluding carboxylic acids is 3. The van der Waals surface area contributed by atoms with E-state index in [-0.39, 0.29) is 42.6 Å². The molecule has 9 nitrogen and oxygen atoms in total. The molecule has 4 atom stereocenters. The molecule has 1 fully saturated rings. The molecular formula is C34H36F3N3O6. The van der Waals surface area contributed by atoms with E-state index in [0.29, 0.717) is 30.8 Å². The van der Waals surface area contributed by atoms with Crippen LogP contribution in [0.1, 0.15) is 40.7 Å². The third kappa shape index (κ3) is 5.27. The van der Waals surface area contributed by atoms with Crippen LogP contribution in [0.15, 0.2) is 59.1 Å². The number of aliphatic hydroxyl groups excluding tert-OH is 2. The first-order valence-electron chi connectivity index (χ1n) is 15.3. The van der Waals surface area contributed by atoms with Crippen molar-refractivity contribution in [3.8, 4) is 16.9 Å². The molecule has 244 valence electrons. The third-order valence-electron chi connectivity index (χ3n) is 10.1. The zero-order valence-electron chi connectivity index (χ0n) is 25.5. The summed E-state index contributed by atoms with van der Waals surface area (Å²) in [6.07, 6.45) is -3.58. The van der Waals surface area contributed by atoms with E-state index in [1.165, 1.54) is 6.07 Å². The van der Waals surface area contributed by atoms with Gasteiger partial charge in [0.25, 0.3) is 5.91 Å². The molecule has 46 heavy (non-hydrogen) atoms. The lowest BCUT2D eigenvalue weighted by atomic mass is 9.60. The fraction of sp³-hybridized carbons (Fsp3) is 0.441. The summed E-state index contributed by atoms with van der Waals surface area (Å²) in [5.41, 5.74) is 7.81. The fourth-order valence-corrected chi connectivity index (χ4v) is 8.05. The topological polar surface area (TPSA) is 144 Å². The number of halogens is 3. The lowest BCUT2D eigenvalue weighted by Crippen LogP contribution is -2.53. The highest BCUT2D eigenvalue weighted by atomic mass is 19.4. The average molecular weight is 640 g/mol. The molecule has 0 radical (unpaired) electrons. The van der Waals surface area contributed by atoms with E-state index in [1.54, 1.807) is 25.1 Å². The van der Waals surface area contributed by atoms with Gasteiger partial charge in [-0.2, -0.15) is 13.2 Å². The number of amides is 1. The van der Waals surface area contributed by atoms with Gasteiger partial charge in [-0.1, -0.05) is 24.3 Å². The molecule has 0 saturated carbocycles. The Morgan fingerprint density at radius 3 is 2.37 bits per heavy atom. The van der Waals surface area contributed by atoms with Crippen molar-refractivity contribution in [1.82, 2.24) is 9.80 Å². The standard InChI is InChI=1S/C34H36F3N3O6/c1-39(2)28-22-14-18-13-21-20(17-5-3-4-16(12-17)15-40-10-8-19(9-11-40)34(35,36)37)6-7-23(41)25(21)29(42)24(18)30(43)26(22)31(44)27(32(28)45)33(38)46/h3-7,12,18-19,22,26,28,41,43,45H,8-11,13-15H2,1-2H3,(H2,38,46). The maximum Gasteiger partial charge on any atom is 0.391 e. The second-order valence-corrected chi connectivity index (χ2v) is 13.1. The predicted octanol–water partition coefficient (Wildman–Crippen LogP) is 4.45. The van der Waals surface area contributed by atoms with Crippen molar-refractivity contribution < 1.29 is 42.9 Å². The molecule has 0 aromatic heterocycles. The molecule has 1 amide bonds. The van der Waals surface area contributed by atoms with E-state index in [4.69, 9.17) is 5.73 Å². The Bertz CT molecular complexity index is 1690. The van der Waals surface area contributed by atoms with Crippen molar-refractivity contribution in [3.05, 3.63) is 75.8 Å². The van der Waals surface area contributed by atoms with Crippen LogP contribution in [0.5, 0.6) is 5.75 Å². The molecule has 3 aliphatic carbocycles. The summed E-state index contributed by atoms with van der Waals surface area (Å²) >= 11 is 0. The summed E-state index contributed by atoms with van der Waals surface area (Å²) in [6, 6.07) is 9.86. The smallest absolute Gasteiger partial charge is 0.391 e. The molecular weight excluding hydrogens is 603 g/mol. The summed E-state index contributed by atoms with van der Waals surface area (Å²) < 4.78 is 39.4. The minimum absolute atomic E-state index is 0.00766. The zero-order valence-corrected chi connectivity index (χ0v) is 25.5. The Labute approximate surface area is 263 Å². The van der Waals surface area contributed by atoms with Crippen LogP contribution in [0.3, 0.4) is 0 Å². The van der Waals surface area contributed by atoms with E-state index in [1.807, 2.05) is 29.2 Å². The van der Waals surface area contributed by atoms with E-state index < -0.39 is 70.5 Å². The number of phenols is 1. The van der Waals surface area contributed by atoms with Gasteiger partial charge in [0.1, 0.15) is 22.8 Å².